The molecular formula is C8H12O4. The molecule has 0 unspecified atom stereocenters. The lowest BCUT2D eigenvalue weighted by Gasteiger charge is -1.99. The molecule has 0 saturated heterocycles. The van der Waals surface area contributed by atoms with E-state index in [9.17, 15) is 9.59 Å². The summed E-state index contributed by atoms with van der Waals surface area (Å²) in [6.07, 6.45) is 3.32. The van der Waals surface area contributed by atoms with Crippen molar-refractivity contribution in [2.75, 3.05) is 6.61 Å². The molecule has 12 heavy (non-hydrogen) atoms. The van der Waals surface area contributed by atoms with Gasteiger partial charge in [-0.15, -0.1) is 0 Å². The average molecular weight is 172 g/mol. The van der Waals surface area contributed by atoms with Crippen molar-refractivity contribution in [1.29, 1.82) is 0 Å². The Bertz CT molecular complexity index is 183. The first-order valence-corrected chi connectivity index (χ1v) is 3.71. The van der Waals surface area contributed by atoms with Gasteiger partial charge in [-0.25, -0.2) is 9.59 Å². The Morgan fingerprint density at radius 2 is 2.00 bits per heavy atom. The average Bonchev–Trinajstić information content (AvgIpc) is 2.10. The molecule has 4 heteroatoms. The maximum absolute atomic E-state index is 10.7. The van der Waals surface area contributed by atoms with Crippen LogP contribution >= 0.6 is 0 Å². The number of hydrogen-bond donors (Lipinski definition) is 0. The largest absolute Gasteiger partial charge is 0.457 e. The molecule has 0 aliphatic heterocycles. The maximum Gasteiger partial charge on any atom is 0.422 e. The van der Waals surface area contributed by atoms with Crippen molar-refractivity contribution in [2.45, 2.75) is 20.3 Å². The van der Waals surface area contributed by atoms with Gasteiger partial charge < -0.3 is 9.47 Å². The molecule has 0 rings (SSSR count). The van der Waals surface area contributed by atoms with Crippen LogP contribution in [0.15, 0.2) is 12.3 Å². The van der Waals surface area contributed by atoms with Gasteiger partial charge in [-0.3, -0.25) is 0 Å². The van der Waals surface area contributed by atoms with Gasteiger partial charge in [0.15, 0.2) is 0 Å². The predicted molar refractivity (Wildman–Crippen MR) is 42.2 cm³/mol. The summed E-state index contributed by atoms with van der Waals surface area (Å²) >= 11 is 0. The number of ether oxygens (including phenoxy) is 2. The third-order valence-electron chi connectivity index (χ3n) is 0.915. The Hall–Kier alpha value is -1.32. The lowest BCUT2D eigenvalue weighted by atomic mass is 10.5. The van der Waals surface area contributed by atoms with E-state index in [-0.39, 0.29) is 6.61 Å². The van der Waals surface area contributed by atoms with Gasteiger partial charge in [-0.05, 0) is 13.3 Å². The lowest BCUT2D eigenvalue weighted by molar-refractivity contribution is -0.164. The highest BCUT2D eigenvalue weighted by Crippen LogP contribution is 1.87. The van der Waals surface area contributed by atoms with Crippen LogP contribution in [0.1, 0.15) is 20.3 Å². The smallest absolute Gasteiger partial charge is 0.422 e. The third kappa shape index (κ3) is 4.49. The first-order chi connectivity index (χ1) is 5.72. The molecule has 0 fully saturated rings. The van der Waals surface area contributed by atoms with Gasteiger partial charge in [0.1, 0.15) is 0 Å². The summed E-state index contributed by atoms with van der Waals surface area (Å²) in [6.45, 7) is 3.75. The topological polar surface area (TPSA) is 52.6 Å². The molecule has 0 aliphatic rings. The lowest BCUT2D eigenvalue weighted by Crippen LogP contribution is -2.18. The van der Waals surface area contributed by atoms with Crippen molar-refractivity contribution in [2.24, 2.45) is 0 Å². The molecular weight excluding hydrogens is 160 g/mol. The number of carbonyl (C=O) groups is 2. The van der Waals surface area contributed by atoms with Gasteiger partial charge in [0.25, 0.3) is 0 Å². The zero-order chi connectivity index (χ0) is 9.40. The van der Waals surface area contributed by atoms with E-state index >= 15 is 0 Å². The molecule has 0 aromatic carbocycles. The molecule has 0 radical (unpaired) electrons. The third-order valence-corrected chi connectivity index (χ3v) is 0.915. The summed E-state index contributed by atoms with van der Waals surface area (Å²) < 4.78 is 8.86. The molecule has 0 aromatic rings. The molecule has 0 spiro atoms. The Kier molecular flexibility index (Phi) is 5.69. The normalized spacial score (nSPS) is 9.83. The highest BCUT2D eigenvalue weighted by molar-refractivity contribution is 6.29. The van der Waals surface area contributed by atoms with Crippen molar-refractivity contribution >= 4 is 11.9 Å². The first-order valence-electron chi connectivity index (χ1n) is 3.71. The Morgan fingerprint density at radius 3 is 2.50 bits per heavy atom. The molecule has 0 heterocycles. The molecule has 0 aliphatic carbocycles. The summed E-state index contributed by atoms with van der Waals surface area (Å²) in [4.78, 5) is 21.3. The van der Waals surface area contributed by atoms with Crippen molar-refractivity contribution in [3.05, 3.63) is 12.3 Å². The summed E-state index contributed by atoms with van der Waals surface area (Å²) in [5.41, 5.74) is 0. The van der Waals surface area contributed by atoms with Crippen LogP contribution in [0, 0.1) is 0 Å². The second-order valence-corrected chi connectivity index (χ2v) is 2.01. The molecule has 0 saturated carbocycles. The Morgan fingerprint density at radius 1 is 1.33 bits per heavy atom. The number of allylic oxidation sites excluding steroid dienone is 1. The van der Waals surface area contributed by atoms with Crippen LogP contribution in [0.4, 0.5) is 0 Å². The van der Waals surface area contributed by atoms with Crippen molar-refractivity contribution in [3.63, 3.8) is 0 Å². The fourth-order valence-corrected chi connectivity index (χ4v) is 0.432. The van der Waals surface area contributed by atoms with Crippen molar-refractivity contribution in [1.82, 2.24) is 0 Å². The highest BCUT2D eigenvalue weighted by atomic mass is 16.6. The van der Waals surface area contributed by atoms with Gasteiger partial charge in [-0.2, -0.15) is 0 Å². The van der Waals surface area contributed by atoms with Crippen LogP contribution in [-0.4, -0.2) is 18.5 Å². The van der Waals surface area contributed by atoms with Crippen LogP contribution < -0.4 is 0 Å². The zero-order valence-corrected chi connectivity index (χ0v) is 7.20. The second kappa shape index (κ2) is 6.39. The SMILES string of the molecule is CC=COC(=O)C(=O)OCCC. The minimum absolute atomic E-state index is 0.240. The van der Waals surface area contributed by atoms with Crippen LogP contribution in [-0.2, 0) is 19.1 Å². The Labute approximate surface area is 71.2 Å². The minimum atomic E-state index is -0.985. The maximum atomic E-state index is 10.7. The van der Waals surface area contributed by atoms with Crippen molar-refractivity contribution in [3.8, 4) is 0 Å². The van der Waals surface area contributed by atoms with E-state index in [0.717, 1.165) is 6.26 Å². The predicted octanol–water partition coefficient (Wildman–Crippen LogP) is 1.02. The number of carbonyl (C=O) groups excluding carboxylic acids is 2. The summed E-state index contributed by atoms with van der Waals surface area (Å²) in [5.74, 6) is -1.93. The van der Waals surface area contributed by atoms with Crippen LogP contribution in [0.2, 0.25) is 0 Å². The van der Waals surface area contributed by atoms with E-state index in [1.165, 1.54) is 6.08 Å². The first kappa shape index (κ1) is 10.7. The molecule has 0 N–H and O–H groups in total. The van der Waals surface area contributed by atoms with Gasteiger partial charge in [0, 0.05) is 0 Å². The highest BCUT2D eigenvalue weighted by Gasteiger charge is 2.15. The summed E-state index contributed by atoms with van der Waals surface area (Å²) in [5, 5.41) is 0. The van der Waals surface area contributed by atoms with Gasteiger partial charge >= 0.3 is 11.9 Å². The molecule has 0 aromatic heterocycles. The van der Waals surface area contributed by atoms with E-state index in [1.807, 2.05) is 6.92 Å². The fourth-order valence-electron chi connectivity index (χ4n) is 0.432. The molecule has 0 bridgehead atoms. The van der Waals surface area contributed by atoms with E-state index < -0.39 is 11.9 Å². The van der Waals surface area contributed by atoms with E-state index in [0.29, 0.717) is 6.42 Å². The quantitative estimate of drug-likeness (QED) is 0.362. The fraction of sp³-hybridized carbons (Fsp3) is 0.500. The minimum Gasteiger partial charge on any atom is -0.457 e. The van der Waals surface area contributed by atoms with Gasteiger partial charge in [0.2, 0.25) is 0 Å². The zero-order valence-electron chi connectivity index (χ0n) is 7.20. The van der Waals surface area contributed by atoms with E-state index in [2.05, 4.69) is 9.47 Å². The summed E-state index contributed by atoms with van der Waals surface area (Å²) in [6, 6.07) is 0. The molecule has 4 nitrogen and oxygen atoms in total. The number of hydrogen-bond acceptors (Lipinski definition) is 4. The van der Waals surface area contributed by atoms with Gasteiger partial charge in [-0.1, -0.05) is 13.0 Å². The van der Waals surface area contributed by atoms with E-state index in [1.54, 1.807) is 6.92 Å². The number of esters is 2. The monoisotopic (exact) mass is 172 g/mol. The number of rotatable bonds is 3. The van der Waals surface area contributed by atoms with Crippen LogP contribution in [0.25, 0.3) is 0 Å². The molecule has 68 valence electrons. The Balaban J connectivity index is 3.69. The van der Waals surface area contributed by atoms with E-state index in [4.69, 9.17) is 0 Å². The van der Waals surface area contributed by atoms with Crippen molar-refractivity contribution < 1.29 is 19.1 Å². The molecule has 0 amide bonds. The van der Waals surface area contributed by atoms with Gasteiger partial charge in [0.05, 0.1) is 12.9 Å². The van der Waals surface area contributed by atoms with Crippen LogP contribution in [0.5, 0.6) is 0 Å². The van der Waals surface area contributed by atoms with Crippen LogP contribution in [0.3, 0.4) is 0 Å². The standard InChI is InChI=1S/C8H12O4/c1-3-5-11-7(9)8(10)12-6-4-2/h3,5H,4,6H2,1-2H3. The summed E-state index contributed by atoms with van der Waals surface area (Å²) in [7, 11) is 0. The second-order valence-electron chi connectivity index (χ2n) is 2.01. The molecule has 0 atom stereocenters.